The summed E-state index contributed by atoms with van der Waals surface area (Å²) < 4.78 is 27.2. The fourth-order valence-electron chi connectivity index (χ4n) is 3.27. The van der Waals surface area contributed by atoms with E-state index < -0.39 is 10.1 Å². The van der Waals surface area contributed by atoms with E-state index in [0.717, 1.165) is 56.9 Å². The van der Waals surface area contributed by atoms with E-state index in [1.54, 1.807) is 12.1 Å². The lowest BCUT2D eigenvalue weighted by molar-refractivity contribution is -0.137. The van der Waals surface area contributed by atoms with Gasteiger partial charge in [-0.25, -0.2) is 0 Å². The predicted molar refractivity (Wildman–Crippen MR) is 98.8 cm³/mol. The van der Waals surface area contributed by atoms with E-state index in [0.29, 0.717) is 12.3 Å². The van der Waals surface area contributed by atoms with Gasteiger partial charge in [0.05, 0.1) is 6.26 Å². The van der Waals surface area contributed by atoms with E-state index in [9.17, 15) is 13.2 Å². The summed E-state index contributed by atoms with van der Waals surface area (Å²) in [6.07, 6.45) is 8.61. The zero-order valence-electron chi connectivity index (χ0n) is 15.2. The van der Waals surface area contributed by atoms with Crippen LogP contribution in [0, 0.1) is 5.92 Å². The number of carbonyl (C=O) groups excluding carboxylic acids is 1. The second-order valence-electron chi connectivity index (χ2n) is 6.88. The Morgan fingerprint density at radius 2 is 1.80 bits per heavy atom. The Balaban J connectivity index is 2.04. The van der Waals surface area contributed by atoms with Crippen molar-refractivity contribution in [2.24, 2.45) is 5.92 Å². The zero-order chi connectivity index (χ0) is 18.3. The molecule has 0 atom stereocenters. The Bertz CT molecular complexity index is 649. The molecule has 5 nitrogen and oxygen atoms in total. The topological polar surface area (TPSA) is 63.7 Å². The lowest BCUT2D eigenvalue weighted by atomic mass is 9.88. The number of rotatable bonds is 8. The summed E-state index contributed by atoms with van der Waals surface area (Å²) in [6, 6.07) is 6.93. The average Bonchev–Trinajstić information content (AvgIpc) is 2.59. The van der Waals surface area contributed by atoms with Crippen LogP contribution in [0.4, 0.5) is 0 Å². The van der Waals surface area contributed by atoms with Gasteiger partial charge >= 0.3 is 10.1 Å². The Morgan fingerprint density at radius 3 is 2.36 bits per heavy atom. The van der Waals surface area contributed by atoms with Gasteiger partial charge < -0.3 is 9.08 Å². The molecule has 1 aromatic carbocycles. The van der Waals surface area contributed by atoms with Crippen LogP contribution >= 0.6 is 0 Å². The highest BCUT2D eigenvalue weighted by molar-refractivity contribution is 7.86. The third kappa shape index (κ3) is 6.69. The summed E-state index contributed by atoms with van der Waals surface area (Å²) in [5, 5.41) is 0. The first-order valence-corrected chi connectivity index (χ1v) is 11.0. The molecule has 0 unspecified atom stereocenters. The standard InChI is InChI=1S/C19H29NO4S/c1-3-4-14-20(19(21)17-8-6-5-7-9-17)15-16-10-12-18(13-11-16)24-25(2,22)23/h10-13,17H,3-9,14-15H2,1-2H3. The number of hydrogen-bond acceptors (Lipinski definition) is 4. The van der Waals surface area contributed by atoms with Crippen molar-refractivity contribution in [1.82, 2.24) is 4.90 Å². The maximum Gasteiger partial charge on any atom is 0.306 e. The van der Waals surface area contributed by atoms with Gasteiger partial charge in [0.15, 0.2) is 0 Å². The van der Waals surface area contributed by atoms with Crippen LogP contribution in [0.3, 0.4) is 0 Å². The minimum atomic E-state index is -3.52. The first-order chi connectivity index (χ1) is 11.9. The summed E-state index contributed by atoms with van der Waals surface area (Å²) in [6.45, 7) is 3.46. The maximum absolute atomic E-state index is 12.9. The van der Waals surface area contributed by atoms with Crippen LogP contribution in [-0.2, 0) is 21.5 Å². The molecule has 25 heavy (non-hydrogen) atoms. The van der Waals surface area contributed by atoms with E-state index in [4.69, 9.17) is 4.18 Å². The highest BCUT2D eigenvalue weighted by Crippen LogP contribution is 2.26. The first-order valence-electron chi connectivity index (χ1n) is 9.16. The van der Waals surface area contributed by atoms with Crippen LogP contribution in [0.2, 0.25) is 0 Å². The normalized spacial score (nSPS) is 15.8. The third-order valence-electron chi connectivity index (χ3n) is 4.59. The average molecular weight is 368 g/mol. The van der Waals surface area contributed by atoms with Crippen molar-refractivity contribution >= 4 is 16.0 Å². The monoisotopic (exact) mass is 367 g/mol. The Kier molecular flexibility index (Phi) is 7.29. The summed E-state index contributed by atoms with van der Waals surface area (Å²) in [5.41, 5.74) is 0.987. The smallest absolute Gasteiger partial charge is 0.306 e. The van der Waals surface area contributed by atoms with Gasteiger partial charge in [-0.3, -0.25) is 4.79 Å². The largest absolute Gasteiger partial charge is 0.383 e. The number of carbonyl (C=O) groups is 1. The fraction of sp³-hybridized carbons (Fsp3) is 0.632. The molecule has 0 aliphatic heterocycles. The lowest BCUT2D eigenvalue weighted by Gasteiger charge is -2.29. The molecule has 0 saturated heterocycles. The second kappa shape index (κ2) is 9.22. The second-order valence-corrected chi connectivity index (χ2v) is 8.45. The molecule has 1 aliphatic carbocycles. The molecule has 1 amide bonds. The SMILES string of the molecule is CCCCN(Cc1ccc(OS(C)(=O)=O)cc1)C(=O)C1CCCCC1. The molecule has 0 N–H and O–H groups in total. The number of nitrogens with zero attached hydrogens (tertiary/aromatic N) is 1. The van der Waals surface area contributed by atoms with Crippen molar-refractivity contribution in [2.75, 3.05) is 12.8 Å². The van der Waals surface area contributed by atoms with E-state index in [1.807, 2.05) is 17.0 Å². The quantitative estimate of drug-likeness (QED) is 0.657. The lowest BCUT2D eigenvalue weighted by Crippen LogP contribution is -2.37. The van der Waals surface area contributed by atoms with Gasteiger partial charge in [-0.15, -0.1) is 0 Å². The summed E-state index contributed by atoms with van der Waals surface area (Å²) in [5.74, 6) is 0.730. The Morgan fingerprint density at radius 1 is 1.16 bits per heavy atom. The van der Waals surface area contributed by atoms with E-state index in [2.05, 4.69) is 6.92 Å². The molecule has 1 fully saturated rings. The molecule has 140 valence electrons. The van der Waals surface area contributed by atoms with Crippen LogP contribution < -0.4 is 4.18 Å². The van der Waals surface area contributed by atoms with Crippen LogP contribution in [-0.4, -0.2) is 32.0 Å². The van der Waals surface area contributed by atoms with Crippen LogP contribution in [0.5, 0.6) is 5.75 Å². The van der Waals surface area contributed by atoms with Gasteiger partial charge in [0, 0.05) is 19.0 Å². The number of benzene rings is 1. The Hall–Kier alpha value is -1.56. The van der Waals surface area contributed by atoms with E-state index in [1.165, 1.54) is 6.42 Å². The van der Waals surface area contributed by atoms with Crippen LogP contribution in [0.1, 0.15) is 57.4 Å². The molecule has 0 bridgehead atoms. The van der Waals surface area contributed by atoms with Crippen molar-refractivity contribution in [3.05, 3.63) is 29.8 Å². The van der Waals surface area contributed by atoms with Crippen molar-refractivity contribution in [1.29, 1.82) is 0 Å². The van der Waals surface area contributed by atoms with E-state index >= 15 is 0 Å². The summed E-state index contributed by atoms with van der Waals surface area (Å²) in [7, 11) is -3.52. The molecule has 2 rings (SSSR count). The zero-order valence-corrected chi connectivity index (χ0v) is 16.1. The van der Waals surface area contributed by atoms with Crippen molar-refractivity contribution in [3.8, 4) is 5.75 Å². The van der Waals surface area contributed by atoms with Gasteiger partial charge in [-0.2, -0.15) is 8.42 Å². The number of unbranched alkanes of at least 4 members (excludes halogenated alkanes) is 1. The molecule has 1 aliphatic rings. The highest BCUT2D eigenvalue weighted by atomic mass is 32.2. The molecule has 0 aromatic heterocycles. The first kappa shape index (κ1) is 19.8. The number of amides is 1. The third-order valence-corrected chi connectivity index (χ3v) is 5.09. The van der Waals surface area contributed by atoms with E-state index in [-0.39, 0.29) is 11.8 Å². The molecular weight excluding hydrogens is 338 g/mol. The minimum absolute atomic E-state index is 0.165. The minimum Gasteiger partial charge on any atom is -0.383 e. The fourth-order valence-corrected chi connectivity index (χ4v) is 3.73. The molecule has 0 spiro atoms. The molecule has 6 heteroatoms. The highest BCUT2D eigenvalue weighted by Gasteiger charge is 2.25. The molecule has 1 aromatic rings. The maximum atomic E-state index is 12.9. The Labute approximate surface area is 151 Å². The molecule has 0 heterocycles. The van der Waals surface area contributed by atoms with Gasteiger partial charge in [-0.05, 0) is 37.0 Å². The van der Waals surface area contributed by atoms with Crippen molar-refractivity contribution < 1.29 is 17.4 Å². The van der Waals surface area contributed by atoms with Gasteiger partial charge in [0.25, 0.3) is 0 Å². The molecule has 1 saturated carbocycles. The predicted octanol–water partition coefficient (Wildman–Crippen LogP) is 3.73. The number of hydrogen-bond donors (Lipinski definition) is 0. The van der Waals surface area contributed by atoms with Gasteiger partial charge in [-0.1, -0.05) is 44.7 Å². The van der Waals surface area contributed by atoms with Crippen molar-refractivity contribution in [2.45, 2.75) is 58.4 Å². The van der Waals surface area contributed by atoms with Crippen LogP contribution in [0.15, 0.2) is 24.3 Å². The summed E-state index contributed by atoms with van der Waals surface area (Å²) >= 11 is 0. The molecular formula is C19H29NO4S. The molecule has 0 radical (unpaired) electrons. The van der Waals surface area contributed by atoms with Gasteiger partial charge in [0.1, 0.15) is 5.75 Å². The van der Waals surface area contributed by atoms with Crippen LogP contribution in [0.25, 0.3) is 0 Å². The van der Waals surface area contributed by atoms with Crippen molar-refractivity contribution in [3.63, 3.8) is 0 Å². The van der Waals surface area contributed by atoms with Gasteiger partial charge in [0.2, 0.25) is 5.91 Å². The summed E-state index contributed by atoms with van der Waals surface area (Å²) in [4.78, 5) is 14.8.